The molecule has 0 aromatic rings. The maximum atomic E-state index is 13.1. The van der Waals surface area contributed by atoms with Crippen LogP contribution in [0.25, 0.3) is 0 Å². The molecule has 0 bridgehead atoms. The van der Waals surface area contributed by atoms with Gasteiger partial charge in [-0.2, -0.15) is 0 Å². The average Bonchev–Trinajstić information content (AvgIpc) is 2.92. The lowest BCUT2D eigenvalue weighted by Crippen LogP contribution is -2.24. The Labute approximate surface area is 172 Å². The minimum Gasteiger partial charge on any atom is -0.395 e. The lowest BCUT2D eigenvalue weighted by atomic mass is 9.94. The number of ether oxygens (including phenoxy) is 2. The van der Waals surface area contributed by atoms with E-state index in [9.17, 15) is 17.7 Å². The van der Waals surface area contributed by atoms with Gasteiger partial charge in [0.1, 0.15) is 7.85 Å². The fourth-order valence-electron chi connectivity index (χ4n) is 2.66. The maximum Gasteiger partial charge on any atom is 0.573 e. The lowest BCUT2D eigenvalue weighted by molar-refractivity contribution is -0.280. The summed E-state index contributed by atoms with van der Waals surface area (Å²) in [5, 5.41) is 3.17. The van der Waals surface area contributed by atoms with E-state index in [1.165, 1.54) is 0 Å². The van der Waals surface area contributed by atoms with Crippen LogP contribution in [-0.4, -0.2) is 63.9 Å². The number of hydrogen-bond acceptors (Lipinski definition) is 8. The van der Waals surface area contributed by atoms with Crippen LogP contribution in [0.1, 0.15) is 40.5 Å². The largest absolute Gasteiger partial charge is 0.573 e. The van der Waals surface area contributed by atoms with Crippen molar-refractivity contribution in [3.05, 3.63) is 0 Å². The van der Waals surface area contributed by atoms with E-state index in [-0.39, 0.29) is 53.1 Å². The molecule has 1 N–H and O–H groups in total. The Morgan fingerprint density at radius 1 is 1.34 bits per heavy atom. The second-order valence-corrected chi connectivity index (χ2v) is 9.59. The highest BCUT2D eigenvalue weighted by Gasteiger charge is 2.41. The molecule has 8 nitrogen and oxygen atoms in total. The Morgan fingerprint density at radius 2 is 1.97 bits per heavy atom. The molecule has 0 aromatic carbocycles. The molecule has 1 saturated heterocycles. The molecule has 0 aliphatic carbocycles. The van der Waals surface area contributed by atoms with Gasteiger partial charge >= 0.3 is 14.0 Å². The van der Waals surface area contributed by atoms with Crippen molar-refractivity contribution in [3.8, 4) is 0 Å². The molecule has 1 aliphatic rings. The summed E-state index contributed by atoms with van der Waals surface area (Å²) >= 11 is 0. The van der Waals surface area contributed by atoms with Crippen LogP contribution in [0.15, 0.2) is 4.99 Å². The van der Waals surface area contributed by atoms with Crippen LogP contribution in [-0.2, 0) is 27.6 Å². The summed E-state index contributed by atoms with van der Waals surface area (Å²) in [4.78, 5) is 3.71. The van der Waals surface area contributed by atoms with Gasteiger partial charge in [0.2, 0.25) is 0 Å². The number of rotatable bonds is 13. The molecule has 2 unspecified atom stereocenters. The number of aliphatic imine (C=N–C) groups is 1. The quantitative estimate of drug-likeness (QED) is 0.194. The second kappa shape index (κ2) is 12.6. The van der Waals surface area contributed by atoms with E-state index in [0.717, 1.165) is 0 Å². The fourth-order valence-corrected chi connectivity index (χ4v) is 5.25. The van der Waals surface area contributed by atoms with E-state index in [2.05, 4.69) is 14.8 Å². The van der Waals surface area contributed by atoms with Gasteiger partial charge in [0, 0.05) is 18.9 Å². The zero-order valence-corrected chi connectivity index (χ0v) is 19.2. The fraction of sp³-hybridized carbons (Fsp3) is 0.933. The summed E-state index contributed by atoms with van der Waals surface area (Å²) in [7, 11) is -1.87. The van der Waals surface area contributed by atoms with Gasteiger partial charge in [0.15, 0.2) is 12.2 Å². The minimum absolute atomic E-state index is 0.0416. The van der Waals surface area contributed by atoms with Crippen molar-refractivity contribution >= 4 is 30.8 Å². The SMILES string of the molecule is B[C@@H]1O[C@H](CC(N=COC(F)(F)F)P(=O)(OCC)OCC)C[C@@H]1OPNC(C)C. The molecule has 5 atom stereocenters. The lowest BCUT2D eigenvalue weighted by Gasteiger charge is -2.25. The van der Waals surface area contributed by atoms with E-state index < -0.39 is 25.8 Å². The highest BCUT2D eigenvalue weighted by Crippen LogP contribution is 2.55. The highest BCUT2D eigenvalue weighted by atomic mass is 31.2. The maximum absolute atomic E-state index is 13.1. The zero-order valence-electron chi connectivity index (χ0n) is 17.3. The average molecular weight is 464 g/mol. The van der Waals surface area contributed by atoms with Gasteiger partial charge in [0.05, 0.1) is 40.4 Å². The van der Waals surface area contributed by atoms with Crippen molar-refractivity contribution in [1.82, 2.24) is 5.09 Å². The summed E-state index contributed by atoms with van der Waals surface area (Å²) < 4.78 is 75.7. The van der Waals surface area contributed by atoms with Crippen molar-refractivity contribution in [2.24, 2.45) is 4.99 Å². The number of halogens is 3. The Bertz CT molecular complexity index is 549. The Morgan fingerprint density at radius 3 is 2.48 bits per heavy atom. The van der Waals surface area contributed by atoms with Crippen molar-refractivity contribution in [3.63, 3.8) is 0 Å². The van der Waals surface area contributed by atoms with Crippen LogP contribution in [0.4, 0.5) is 13.2 Å². The molecule has 0 saturated carbocycles. The summed E-state index contributed by atoms with van der Waals surface area (Å²) in [5.41, 5.74) is 0. The van der Waals surface area contributed by atoms with Gasteiger partial charge in [-0.15, -0.1) is 13.2 Å². The van der Waals surface area contributed by atoms with Gasteiger partial charge in [-0.3, -0.25) is 9.65 Å². The third-order valence-electron chi connectivity index (χ3n) is 3.86. The van der Waals surface area contributed by atoms with Crippen molar-refractivity contribution in [2.75, 3.05) is 13.2 Å². The van der Waals surface area contributed by atoms with Gasteiger partial charge in [-0.25, -0.2) is 4.99 Å². The summed E-state index contributed by atoms with van der Waals surface area (Å²) in [6, 6.07) is 0.0495. The Hall–Kier alpha value is -0.215. The molecule has 170 valence electrons. The molecular formula is C15H30BF3N2O6P2. The first-order valence-corrected chi connectivity index (χ1v) is 12.0. The van der Waals surface area contributed by atoms with E-state index >= 15 is 0 Å². The second-order valence-electron chi connectivity index (χ2n) is 6.67. The normalized spacial score (nSPS) is 24.9. The first-order chi connectivity index (χ1) is 13.5. The Balaban J connectivity index is 2.84. The van der Waals surface area contributed by atoms with Crippen LogP contribution in [0.5, 0.6) is 0 Å². The van der Waals surface area contributed by atoms with Gasteiger partial charge in [0.25, 0.3) is 0 Å². The number of nitrogens with zero attached hydrogens (tertiary/aromatic N) is 1. The van der Waals surface area contributed by atoms with Gasteiger partial charge in [-0.05, 0) is 27.7 Å². The molecule has 0 spiro atoms. The summed E-state index contributed by atoms with van der Waals surface area (Å²) in [6.07, 6.45) is -4.76. The Kier molecular flexibility index (Phi) is 11.6. The van der Waals surface area contributed by atoms with Gasteiger partial charge in [-0.1, -0.05) is 0 Å². The van der Waals surface area contributed by atoms with Crippen LogP contribution in [0.3, 0.4) is 0 Å². The molecular weight excluding hydrogens is 434 g/mol. The monoisotopic (exact) mass is 464 g/mol. The van der Waals surface area contributed by atoms with Crippen molar-refractivity contribution in [1.29, 1.82) is 0 Å². The molecule has 29 heavy (non-hydrogen) atoms. The molecule has 0 amide bonds. The van der Waals surface area contributed by atoms with Crippen LogP contribution in [0.2, 0.25) is 0 Å². The van der Waals surface area contributed by atoms with Crippen molar-refractivity contribution in [2.45, 2.75) is 76.9 Å². The predicted octanol–water partition coefficient (Wildman–Crippen LogP) is 3.17. The third kappa shape index (κ3) is 10.1. The van der Waals surface area contributed by atoms with Crippen LogP contribution < -0.4 is 5.09 Å². The standard InChI is InChI=1S/C15H30BF3N2O6P2/c1-5-24-29(22,25-6-2)13(20-9-23-15(17,18)19)8-11-7-12(14(16)26-11)27-28-21-10(3)4/h9-14,21,28H,5-8,16H2,1-4H3/t11-,12-,13?,14+/m0/s1. The van der Waals surface area contributed by atoms with E-state index in [0.29, 0.717) is 6.42 Å². The minimum atomic E-state index is -4.89. The molecule has 1 fully saturated rings. The van der Waals surface area contributed by atoms with Crippen molar-refractivity contribution < 1.29 is 40.8 Å². The molecule has 0 radical (unpaired) electrons. The molecule has 1 aliphatic heterocycles. The molecule has 1 rings (SSSR count). The summed E-state index contributed by atoms with van der Waals surface area (Å²) in [5.74, 6) is -1.20. The zero-order chi connectivity index (χ0) is 22.1. The topological polar surface area (TPSA) is 87.6 Å². The molecule has 0 aromatic heterocycles. The van der Waals surface area contributed by atoms with E-state index in [4.69, 9.17) is 18.3 Å². The highest BCUT2D eigenvalue weighted by molar-refractivity contribution is 7.54. The number of hydrogen-bond donors (Lipinski definition) is 1. The van der Waals surface area contributed by atoms with E-state index in [1.54, 1.807) is 13.8 Å². The van der Waals surface area contributed by atoms with E-state index in [1.807, 2.05) is 21.7 Å². The number of alkyl halides is 3. The predicted molar refractivity (Wildman–Crippen MR) is 108 cm³/mol. The van der Waals surface area contributed by atoms with Crippen LogP contribution in [0, 0.1) is 0 Å². The first kappa shape index (κ1) is 26.8. The van der Waals surface area contributed by atoms with Crippen LogP contribution >= 0.6 is 16.6 Å². The molecule has 14 heteroatoms. The third-order valence-corrected chi connectivity index (χ3v) is 7.29. The van der Waals surface area contributed by atoms with Gasteiger partial charge < -0.3 is 23.0 Å². The smallest absolute Gasteiger partial charge is 0.395 e. The molecule has 1 heterocycles. The summed E-state index contributed by atoms with van der Waals surface area (Å²) in [6.45, 7) is 7.33. The number of nitrogens with one attached hydrogen (secondary N) is 1. The first-order valence-electron chi connectivity index (χ1n) is 9.47.